The number of para-hydroxylation sites is 1. The number of H-pyrrole nitrogens is 1. The van der Waals surface area contributed by atoms with E-state index in [1.165, 1.54) is 0 Å². The summed E-state index contributed by atoms with van der Waals surface area (Å²) in [6.45, 7) is 6.69. The summed E-state index contributed by atoms with van der Waals surface area (Å²) in [5.74, 6) is -0.154. The van der Waals surface area contributed by atoms with Crippen LogP contribution in [0.5, 0.6) is 5.75 Å². The van der Waals surface area contributed by atoms with E-state index < -0.39 is 11.8 Å². The lowest BCUT2D eigenvalue weighted by Gasteiger charge is -2.10. The molecule has 3 amide bonds. The van der Waals surface area contributed by atoms with Gasteiger partial charge in [0.25, 0.3) is 11.8 Å². The highest BCUT2D eigenvalue weighted by Gasteiger charge is 2.20. The predicted octanol–water partition coefficient (Wildman–Crippen LogP) is 3.81. The summed E-state index contributed by atoms with van der Waals surface area (Å²) in [7, 11) is 1.57. The summed E-state index contributed by atoms with van der Waals surface area (Å²) in [5.41, 5.74) is 10.5. The summed E-state index contributed by atoms with van der Waals surface area (Å²) < 4.78 is 10.9. The largest absolute Gasteiger partial charge is 0.494 e. The molecule has 2 aromatic carbocycles. The highest BCUT2D eigenvalue weighted by atomic mass is 16.5. The lowest BCUT2D eigenvalue weighted by atomic mass is 10.2. The van der Waals surface area contributed by atoms with Crippen molar-refractivity contribution >= 4 is 51.7 Å². The number of hydrogen-bond donors (Lipinski definition) is 4. The van der Waals surface area contributed by atoms with E-state index in [4.69, 9.17) is 10.5 Å². The third kappa shape index (κ3) is 6.05. The molecule has 0 aliphatic heterocycles. The van der Waals surface area contributed by atoms with Gasteiger partial charge in [0.15, 0.2) is 5.69 Å². The zero-order valence-electron chi connectivity index (χ0n) is 26.2. The van der Waals surface area contributed by atoms with Crippen LogP contribution in [0.25, 0.3) is 22.1 Å². The molecule has 0 saturated carbocycles. The molecular weight excluding hydrogens is 602 g/mol. The number of anilines is 2. The van der Waals surface area contributed by atoms with E-state index in [9.17, 15) is 14.4 Å². The molecule has 47 heavy (non-hydrogen) atoms. The van der Waals surface area contributed by atoms with E-state index in [1.807, 2.05) is 60.3 Å². The molecule has 6 rings (SSSR count). The number of primary amides is 1. The number of ether oxygens (including phenoxy) is 1. The number of rotatable bonds is 11. The number of fused-ring (bicyclic) bond motifs is 2. The number of hydrogen-bond acceptors (Lipinski definition) is 8. The summed E-state index contributed by atoms with van der Waals surface area (Å²) in [4.78, 5) is 47.4. The van der Waals surface area contributed by atoms with Crippen molar-refractivity contribution in [3.8, 4) is 5.75 Å². The van der Waals surface area contributed by atoms with E-state index in [0.717, 1.165) is 11.4 Å². The first-order valence-corrected chi connectivity index (χ1v) is 14.8. The number of aromatic amines is 1. The normalized spacial score (nSPS) is 11.5. The Hall–Kier alpha value is -6.25. The average molecular weight is 636 g/mol. The maximum absolute atomic E-state index is 13.3. The second-order valence-electron chi connectivity index (χ2n) is 10.8. The first-order valence-electron chi connectivity index (χ1n) is 14.8. The minimum absolute atomic E-state index is 0.238. The van der Waals surface area contributed by atoms with E-state index in [0.29, 0.717) is 64.7 Å². The zero-order chi connectivity index (χ0) is 33.2. The van der Waals surface area contributed by atoms with Gasteiger partial charge in [0.1, 0.15) is 17.0 Å². The van der Waals surface area contributed by atoms with Crippen LogP contribution in [0.15, 0.2) is 60.7 Å². The number of aromatic nitrogens is 8. The molecule has 240 valence electrons. The Morgan fingerprint density at radius 1 is 0.936 bits per heavy atom. The lowest BCUT2D eigenvalue weighted by Crippen LogP contribution is -2.19. The maximum Gasteiger partial charge on any atom is 0.278 e. The molecule has 4 heterocycles. The molecule has 0 saturated heterocycles. The van der Waals surface area contributed by atoms with Crippen LogP contribution in [0, 0.1) is 13.8 Å². The number of aryl methyl sites for hydroxylation is 3. The summed E-state index contributed by atoms with van der Waals surface area (Å²) >= 11 is 0. The maximum atomic E-state index is 13.3. The van der Waals surface area contributed by atoms with E-state index in [-0.39, 0.29) is 17.5 Å². The topological polar surface area (TPSA) is 193 Å². The van der Waals surface area contributed by atoms with Gasteiger partial charge >= 0.3 is 0 Å². The molecule has 0 radical (unpaired) electrons. The highest BCUT2D eigenvalue weighted by molar-refractivity contribution is 6.04. The van der Waals surface area contributed by atoms with Gasteiger partial charge in [-0.1, -0.05) is 18.2 Å². The van der Waals surface area contributed by atoms with Crippen molar-refractivity contribution in [3.05, 3.63) is 89.0 Å². The number of nitrogens with two attached hydrogens (primary N) is 1. The second-order valence-corrected chi connectivity index (χ2v) is 10.8. The van der Waals surface area contributed by atoms with Gasteiger partial charge in [0.05, 0.1) is 29.4 Å². The van der Waals surface area contributed by atoms with Gasteiger partial charge in [-0.3, -0.25) is 34.8 Å². The van der Waals surface area contributed by atoms with Gasteiger partial charge in [-0.25, -0.2) is 9.97 Å². The Labute approximate surface area is 268 Å². The van der Waals surface area contributed by atoms with Crippen LogP contribution in [-0.4, -0.2) is 63.9 Å². The van der Waals surface area contributed by atoms with Crippen molar-refractivity contribution in [1.82, 2.24) is 39.1 Å². The number of nitrogens with one attached hydrogen (secondary N) is 3. The van der Waals surface area contributed by atoms with Gasteiger partial charge in [-0.05, 0) is 63.2 Å². The molecule has 0 fully saturated rings. The molecule has 5 N–H and O–H groups in total. The first kappa shape index (κ1) is 30.8. The minimum atomic E-state index is -0.581. The monoisotopic (exact) mass is 635 g/mol. The van der Waals surface area contributed by atoms with Crippen molar-refractivity contribution in [3.63, 3.8) is 0 Å². The van der Waals surface area contributed by atoms with Crippen LogP contribution in [0.3, 0.4) is 0 Å². The van der Waals surface area contributed by atoms with Crippen LogP contribution < -0.4 is 21.1 Å². The molecule has 0 spiro atoms. The SMILES string of the molecule is CCn1nc(C)cc1C(=O)Nc1nc2cc(C(N)=O)ccc2n1C/C=C/Cn1c(NC(=O)c2cc(C)[nH]n2)nc2cccc(OC)c21. The number of imidazole rings is 2. The van der Waals surface area contributed by atoms with E-state index >= 15 is 0 Å². The third-order valence-corrected chi connectivity index (χ3v) is 7.55. The fraction of sp³-hybridized carbons (Fsp3) is 0.219. The number of nitrogens with zero attached hydrogens (tertiary/aromatic N) is 7. The van der Waals surface area contributed by atoms with Gasteiger partial charge in [-0.15, -0.1) is 0 Å². The van der Waals surface area contributed by atoms with Crippen molar-refractivity contribution < 1.29 is 19.1 Å². The molecule has 0 aliphatic carbocycles. The van der Waals surface area contributed by atoms with Crippen LogP contribution >= 0.6 is 0 Å². The van der Waals surface area contributed by atoms with E-state index in [1.54, 1.807) is 42.1 Å². The summed E-state index contributed by atoms with van der Waals surface area (Å²) in [5, 5.41) is 17.0. The Morgan fingerprint density at radius 2 is 1.66 bits per heavy atom. The highest BCUT2D eigenvalue weighted by Crippen LogP contribution is 2.29. The minimum Gasteiger partial charge on any atom is -0.494 e. The Kier molecular flexibility index (Phi) is 8.27. The summed E-state index contributed by atoms with van der Waals surface area (Å²) in [6, 6.07) is 13.8. The zero-order valence-corrected chi connectivity index (χ0v) is 26.2. The predicted molar refractivity (Wildman–Crippen MR) is 176 cm³/mol. The molecular formula is C32H33N11O4. The molecule has 0 unspecified atom stereocenters. The Balaban J connectivity index is 1.31. The molecule has 15 nitrogen and oxygen atoms in total. The summed E-state index contributed by atoms with van der Waals surface area (Å²) in [6.07, 6.45) is 3.82. The van der Waals surface area contributed by atoms with Crippen LogP contribution in [0.4, 0.5) is 11.9 Å². The number of methoxy groups -OCH3 is 1. The number of benzene rings is 2. The third-order valence-electron chi connectivity index (χ3n) is 7.55. The van der Waals surface area contributed by atoms with Gasteiger partial charge in [0.2, 0.25) is 17.8 Å². The smallest absolute Gasteiger partial charge is 0.278 e. The molecule has 0 atom stereocenters. The van der Waals surface area contributed by atoms with Gasteiger partial charge in [0, 0.05) is 30.9 Å². The van der Waals surface area contributed by atoms with Crippen LogP contribution in [0.2, 0.25) is 0 Å². The fourth-order valence-corrected chi connectivity index (χ4v) is 5.35. The van der Waals surface area contributed by atoms with Crippen LogP contribution in [-0.2, 0) is 19.6 Å². The molecule has 0 aliphatic rings. The molecule has 6 aromatic rings. The van der Waals surface area contributed by atoms with Crippen molar-refractivity contribution in [2.75, 3.05) is 17.7 Å². The quantitative estimate of drug-likeness (QED) is 0.154. The van der Waals surface area contributed by atoms with Gasteiger partial charge in [-0.2, -0.15) is 10.2 Å². The Morgan fingerprint density at radius 3 is 2.36 bits per heavy atom. The average Bonchev–Trinajstić information content (AvgIpc) is 3.83. The fourth-order valence-electron chi connectivity index (χ4n) is 5.35. The standard InChI is InChI=1S/C32H33N11O4/c1-5-43-25(16-19(3)40-43)30(46)37-31-35-22-17-20(28(33)44)11-12-24(22)41(31)13-6-7-14-42-27-21(9-8-10-26(27)47-4)34-32(42)36-29(45)23-15-18(2)38-39-23/h6-12,15-17H,5,13-14H2,1-4H3,(H2,33,44)(H,38,39)(H,34,36,45)(H,35,37,46)/b7-6+. The van der Waals surface area contributed by atoms with Crippen LogP contribution in [0.1, 0.15) is 49.6 Å². The van der Waals surface area contributed by atoms with Crippen molar-refractivity contribution in [1.29, 1.82) is 0 Å². The number of carbonyl (C=O) groups is 3. The number of carbonyl (C=O) groups excluding carboxylic acids is 3. The van der Waals surface area contributed by atoms with E-state index in [2.05, 4.69) is 35.9 Å². The Bertz CT molecular complexity index is 2180. The van der Waals surface area contributed by atoms with Crippen molar-refractivity contribution in [2.45, 2.75) is 40.4 Å². The molecule has 0 bridgehead atoms. The molecule has 15 heteroatoms. The van der Waals surface area contributed by atoms with Crippen molar-refractivity contribution in [2.24, 2.45) is 5.73 Å². The number of allylic oxidation sites excluding steroid dienone is 2. The van der Waals surface area contributed by atoms with Gasteiger partial charge < -0.3 is 19.6 Å². The lowest BCUT2D eigenvalue weighted by molar-refractivity contribution is 0.0995. The molecule has 4 aromatic heterocycles. The number of amides is 3. The second kappa shape index (κ2) is 12.6. The first-order chi connectivity index (χ1) is 22.7.